The molecule has 0 saturated carbocycles. The molecule has 28 heavy (non-hydrogen) atoms. The second kappa shape index (κ2) is 9.94. The van der Waals surface area contributed by atoms with Crippen LogP contribution in [0.15, 0.2) is 42.5 Å². The monoisotopic (exact) mass is 422 g/mol. The van der Waals surface area contributed by atoms with Gasteiger partial charge in [-0.1, -0.05) is 50.9 Å². The summed E-state index contributed by atoms with van der Waals surface area (Å²) >= 11 is 5.94. The van der Waals surface area contributed by atoms with E-state index in [1.807, 2.05) is 24.3 Å². The third-order valence-electron chi connectivity index (χ3n) is 4.29. The van der Waals surface area contributed by atoms with Gasteiger partial charge in [0.2, 0.25) is 10.9 Å². The number of unbranched alkanes of at least 4 members (excludes halogenated alkanes) is 1. The van der Waals surface area contributed by atoms with Gasteiger partial charge in [-0.15, -0.1) is 0 Å². The molecule has 2 rings (SSSR count). The first-order chi connectivity index (χ1) is 13.1. The summed E-state index contributed by atoms with van der Waals surface area (Å²) in [6, 6.07) is 12.2. The summed E-state index contributed by atoms with van der Waals surface area (Å²) < 4.78 is 23.9. The minimum Gasteiger partial charge on any atom is -0.322 e. The fraction of sp³-hybridized carbons (Fsp3) is 0.381. The molecule has 0 radical (unpaired) electrons. The number of carbonyl (C=O) groups excluding carboxylic acids is 1. The van der Waals surface area contributed by atoms with Crippen LogP contribution >= 0.6 is 11.6 Å². The van der Waals surface area contributed by atoms with Gasteiger partial charge in [-0.2, -0.15) is 0 Å². The molecule has 7 heteroatoms. The number of aryl methyl sites for hydroxylation is 1. The van der Waals surface area contributed by atoms with Crippen LogP contribution in [-0.2, 0) is 17.3 Å². The number of rotatable bonds is 8. The van der Waals surface area contributed by atoms with Crippen molar-refractivity contribution in [1.82, 2.24) is 0 Å². The lowest BCUT2D eigenvalue weighted by Gasteiger charge is -2.17. The van der Waals surface area contributed by atoms with Crippen molar-refractivity contribution < 1.29 is 13.2 Å². The number of thiol groups is 1. The molecule has 0 bridgehead atoms. The van der Waals surface area contributed by atoms with Gasteiger partial charge in [-0.25, -0.2) is 8.42 Å². The van der Waals surface area contributed by atoms with Crippen molar-refractivity contribution in [2.24, 2.45) is 5.41 Å². The van der Waals surface area contributed by atoms with E-state index >= 15 is 0 Å². The summed E-state index contributed by atoms with van der Waals surface area (Å²) in [5, 5.41) is 3.04. The number of nitrogens with one attached hydrogen (secondary N) is 2. The first-order valence-corrected chi connectivity index (χ1v) is 10.8. The van der Waals surface area contributed by atoms with Crippen LogP contribution in [0.1, 0.15) is 56.0 Å². The largest absolute Gasteiger partial charge is 0.322 e. The molecule has 0 aliphatic rings. The molecule has 0 heterocycles. The zero-order valence-corrected chi connectivity index (χ0v) is 18.1. The number of benzene rings is 2. The van der Waals surface area contributed by atoms with Crippen molar-refractivity contribution in [1.29, 1.82) is 0 Å². The standard InChI is InChI=1S/C21H27ClN2O3S/c1-21(2,3)13-5-4-6-15-7-10-17(11-8-15)23-20(25)16-9-12-18(22)19(14-16)24-28(26)27/h7-12,14,28H,4-6,13H2,1-3H3,(H,23,25)(H,24,26,27). The van der Waals surface area contributed by atoms with E-state index in [-0.39, 0.29) is 16.6 Å². The molecule has 2 aromatic rings. The number of halogens is 1. The van der Waals surface area contributed by atoms with Gasteiger partial charge in [0, 0.05) is 11.3 Å². The van der Waals surface area contributed by atoms with Gasteiger partial charge in [-0.3, -0.25) is 9.52 Å². The van der Waals surface area contributed by atoms with E-state index < -0.39 is 10.9 Å². The molecule has 0 unspecified atom stereocenters. The van der Waals surface area contributed by atoms with Crippen LogP contribution in [0.3, 0.4) is 0 Å². The third kappa shape index (κ3) is 7.52. The summed E-state index contributed by atoms with van der Waals surface area (Å²) in [7, 11) is -2.86. The normalized spacial score (nSPS) is 11.5. The molecule has 0 aromatic heterocycles. The second-order valence-electron chi connectivity index (χ2n) is 7.98. The zero-order chi connectivity index (χ0) is 20.7. The van der Waals surface area contributed by atoms with Gasteiger partial charge in [0.05, 0.1) is 10.7 Å². The molecule has 0 spiro atoms. The van der Waals surface area contributed by atoms with E-state index in [4.69, 9.17) is 11.6 Å². The van der Waals surface area contributed by atoms with Gasteiger partial charge >= 0.3 is 0 Å². The number of amides is 1. The molecule has 0 atom stereocenters. The smallest absolute Gasteiger partial charge is 0.255 e. The predicted molar refractivity (Wildman–Crippen MR) is 117 cm³/mol. The molecule has 1 amide bonds. The maximum Gasteiger partial charge on any atom is 0.255 e. The SMILES string of the molecule is CC(C)(C)CCCCc1ccc(NC(=O)c2ccc(Cl)c(N[SH](=O)=O)c2)cc1. The van der Waals surface area contributed by atoms with Crippen LogP contribution in [0.25, 0.3) is 0 Å². The maximum atomic E-state index is 12.4. The Morgan fingerprint density at radius 2 is 1.71 bits per heavy atom. The van der Waals surface area contributed by atoms with Crippen molar-refractivity contribution in [3.8, 4) is 0 Å². The average molecular weight is 423 g/mol. The molecule has 2 aromatic carbocycles. The van der Waals surface area contributed by atoms with E-state index in [2.05, 4.69) is 30.8 Å². The quantitative estimate of drug-likeness (QED) is 0.399. The van der Waals surface area contributed by atoms with E-state index in [1.165, 1.54) is 30.5 Å². The summed E-state index contributed by atoms with van der Waals surface area (Å²) in [5.74, 6) is -0.334. The molecule has 5 nitrogen and oxygen atoms in total. The van der Waals surface area contributed by atoms with Crippen molar-refractivity contribution in [2.75, 3.05) is 10.0 Å². The first kappa shape index (κ1) is 22.2. The average Bonchev–Trinajstić information content (AvgIpc) is 2.60. The van der Waals surface area contributed by atoms with E-state index in [0.717, 1.165) is 12.8 Å². The summed E-state index contributed by atoms with van der Waals surface area (Å²) in [5.41, 5.74) is 2.78. The number of hydrogen-bond acceptors (Lipinski definition) is 3. The van der Waals surface area contributed by atoms with Crippen LogP contribution in [0.2, 0.25) is 5.02 Å². The van der Waals surface area contributed by atoms with Gasteiger partial charge in [0.1, 0.15) is 0 Å². The van der Waals surface area contributed by atoms with Crippen LogP contribution in [0, 0.1) is 5.41 Å². The van der Waals surface area contributed by atoms with Crippen molar-refractivity contribution in [3.05, 3.63) is 58.6 Å². The number of carbonyl (C=O) groups is 1. The summed E-state index contributed by atoms with van der Waals surface area (Å²) in [4.78, 5) is 12.4. The highest BCUT2D eigenvalue weighted by Crippen LogP contribution is 2.24. The molecule has 0 saturated heterocycles. The lowest BCUT2D eigenvalue weighted by atomic mass is 9.89. The van der Waals surface area contributed by atoms with Crippen LogP contribution in [0.5, 0.6) is 0 Å². The second-order valence-corrected chi connectivity index (χ2v) is 9.13. The lowest BCUT2D eigenvalue weighted by molar-refractivity contribution is 0.102. The topological polar surface area (TPSA) is 75.3 Å². The van der Waals surface area contributed by atoms with Crippen LogP contribution in [-0.4, -0.2) is 14.3 Å². The third-order valence-corrected chi connectivity index (χ3v) is 5.05. The molecular weight excluding hydrogens is 396 g/mol. The molecule has 152 valence electrons. The molecule has 0 aliphatic heterocycles. The van der Waals surface area contributed by atoms with Gasteiger partial charge in [0.15, 0.2) is 0 Å². The van der Waals surface area contributed by atoms with E-state index in [9.17, 15) is 13.2 Å². The van der Waals surface area contributed by atoms with Gasteiger partial charge in [0.25, 0.3) is 5.91 Å². The maximum absolute atomic E-state index is 12.4. The van der Waals surface area contributed by atoms with Gasteiger partial charge in [-0.05, 0) is 60.6 Å². The summed E-state index contributed by atoms with van der Waals surface area (Å²) in [6.45, 7) is 6.76. The highest BCUT2D eigenvalue weighted by Gasteiger charge is 2.11. The lowest BCUT2D eigenvalue weighted by Crippen LogP contribution is -2.12. The highest BCUT2D eigenvalue weighted by atomic mass is 35.5. The molecule has 0 fully saturated rings. The molecular formula is C21H27ClN2O3S. The predicted octanol–water partition coefficient (Wildman–Crippen LogP) is 5.29. The number of hydrogen-bond donors (Lipinski definition) is 3. The fourth-order valence-electron chi connectivity index (χ4n) is 2.79. The van der Waals surface area contributed by atoms with Crippen molar-refractivity contribution in [2.45, 2.75) is 46.5 Å². The van der Waals surface area contributed by atoms with Crippen LogP contribution in [0.4, 0.5) is 11.4 Å². The Bertz CT molecular complexity index is 880. The Morgan fingerprint density at radius 1 is 1.04 bits per heavy atom. The van der Waals surface area contributed by atoms with Crippen LogP contribution < -0.4 is 10.0 Å². The minimum absolute atomic E-state index is 0.177. The molecule has 0 aliphatic carbocycles. The van der Waals surface area contributed by atoms with Crippen molar-refractivity contribution in [3.63, 3.8) is 0 Å². The fourth-order valence-corrected chi connectivity index (χ4v) is 3.41. The van der Waals surface area contributed by atoms with E-state index in [0.29, 0.717) is 16.7 Å². The Kier molecular flexibility index (Phi) is 7.89. The Morgan fingerprint density at radius 3 is 2.32 bits per heavy atom. The van der Waals surface area contributed by atoms with Crippen molar-refractivity contribution >= 4 is 39.8 Å². The zero-order valence-electron chi connectivity index (χ0n) is 16.4. The number of anilines is 2. The molecule has 2 N–H and O–H groups in total. The van der Waals surface area contributed by atoms with Gasteiger partial charge < -0.3 is 5.32 Å². The van der Waals surface area contributed by atoms with E-state index in [1.54, 1.807) is 6.07 Å². The Balaban J connectivity index is 1.94. The highest BCUT2D eigenvalue weighted by molar-refractivity contribution is 7.73. The Labute approximate surface area is 173 Å². The first-order valence-electron chi connectivity index (χ1n) is 9.25. The minimum atomic E-state index is -2.86. The Hall–Kier alpha value is -2.05. The summed E-state index contributed by atoms with van der Waals surface area (Å²) in [6.07, 6.45) is 4.57.